The molecule has 1 aromatic carbocycles. The van der Waals surface area contributed by atoms with E-state index in [1.54, 1.807) is 4.90 Å². The number of methoxy groups -OCH3 is 1. The highest BCUT2D eigenvalue weighted by molar-refractivity contribution is 6.03. The molecule has 0 unspecified atom stereocenters. The summed E-state index contributed by atoms with van der Waals surface area (Å²) >= 11 is 0. The maximum absolute atomic E-state index is 13.1. The van der Waals surface area contributed by atoms with Crippen molar-refractivity contribution in [2.75, 3.05) is 12.0 Å². The van der Waals surface area contributed by atoms with Crippen LogP contribution in [-0.2, 0) is 20.7 Å². The second-order valence-electron chi connectivity index (χ2n) is 6.47. The quantitative estimate of drug-likeness (QED) is 0.622. The van der Waals surface area contributed by atoms with Crippen LogP contribution in [0.5, 0.6) is 0 Å². The third-order valence-electron chi connectivity index (χ3n) is 5.28. The molecule has 0 radical (unpaired) electrons. The van der Waals surface area contributed by atoms with E-state index in [4.69, 9.17) is 4.74 Å². The van der Waals surface area contributed by atoms with Crippen LogP contribution in [0.3, 0.4) is 0 Å². The second-order valence-corrected chi connectivity index (χ2v) is 6.47. The topological polar surface area (TPSA) is 46.6 Å². The van der Waals surface area contributed by atoms with Gasteiger partial charge in [0.15, 0.2) is 0 Å². The predicted molar refractivity (Wildman–Crippen MR) is 82.3 cm³/mol. The summed E-state index contributed by atoms with van der Waals surface area (Å²) in [5.41, 5.74) is 1.92. The van der Waals surface area contributed by atoms with Gasteiger partial charge in [-0.15, -0.1) is 0 Å². The number of fused-ring (bicyclic) bond motifs is 3. The number of para-hydroxylation sites is 1. The van der Waals surface area contributed by atoms with Crippen molar-refractivity contribution < 1.29 is 14.3 Å². The Morgan fingerprint density at radius 2 is 2.00 bits per heavy atom. The predicted octanol–water partition coefficient (Wildman–Crippen LogP) is 2.33. The molecule has 1 aromatic rings. The van der Waals surface area contributed by atoms with Crippen LogP contribution in [0.25, 0.3) is 0 Å². The summed E-state index contributed by atoms with van der Waals surface area (Å²) in [6.45, 7) is 0. The Bertz CT molecular complexity index is 666. The first-order chi connectivity index (χ1) is 10.7. The van der Waals surface area contributed by atoms with Crippen molar-refractivity contribution in [3.05, 3.63) is 42.0 Å². The molecule has 0 saturated heterocycles. The van der Waals surface area contributed by atoms with Crippen LogP contribution in [0.4, 0.5) is 5.69 Å². The molecule has 3 aliphatic rings. The maximum atomic E-state index is 13.1. The number of benzene rings is 1. The number of amides is 1. The molecule has 1 aliphatic heterocycles. The average molecular weight is 297 g/mol. The van der Waals surface area contributed by atoms with Crippen molar-refractivity contribution in [3.63, 3.8) is 0 Å². The molecule has 0 aromatic heterocycles. The lowest BCUT2D eigenvalue weighted by molar-refractivity contribution is -0.143. The lowest BCUT2D eigenvalue weighted by Crippen LogP contribution is -2.47. The summed E-state index contributed by atoms with van der Waals surface area (Å²) in [6, 6.07) is 7.26. The van der Waals surface area contributed by atoms with Crippen molar-refractivity contribution in [3.8, 4) is 0 Å². The van der Waals surface area contributed by atoms with E-state index < -0.39 is 6.04 Å². The molecule has 4 rings (SSSR count). The van der Waals surface area contributed by atoms with Crippen molar-refractivity contribution in [2.24, 2.45) is 17.8 Å². The molecule has 1 heterocycles. The summed E-state index contributed by atoms with van der Waals surface area (Å²) in [6.07, 6.45) is 6.93. The highest BCUT2D eigenvalue weighted by atomic mass is 16.5. The van der Waals surface area contributed by atoms with Crippen LogP contribution in [0.2, 0.25) is 0 Å². The fourth-order valence-electron chi connectivity index (χ4n) is 4.23. The first kappa shape index (κ1) is 13.6. The minimum Gasteiger partial charge on any atom is -0.467 e. The molecule has 4 heteroatoms. The monoisotopic (exact) mass is 297 g/mol. The summed E-state index contributed by atoms with van der Waals surface area (Å²) < 4.78 is 4.92. The number of anilines is 1. The van der Waals surface area contributed by atoms with Crippen molar-refractivity contribution >= 4 is 17.6 Å². The Labute approximate surface area is 129 Å². The first-order valence-corrected chi connectivity index (χ1v) is 7.86. The third kappa shape index (κ3) is 1.90. The number of hydrogen-bond donors (Lipinski definition) is 0. The molecule has 22 heavy (non-hydrogen) atoms. The number of ether oxygens (including phenoxy) is 1. The van der Waals surface area contributed by atoms with Gasteiger partial charge in [-0.05, 0) is 36.3 Å². The van der Waals surface area contributed by atoms with Gasteiger partial charge in [-0.1, -0.05) is 30.4 Å². The van der Waals surface area contributed by atoms with E-state index >= 15 is 0 Å². The van der Waals surface area contributed by atoms with Gasteiger partial charge < -0.3 is 4.74 Å². The van der Waals surface area contributed by atoms with Gasteiger partial charge in [-0.2, -0.15) is 0 Å². The van der Waals surface area contributed by atoms with Crippen LogP contribution >= 0.6 is 0 Å². The molecule has 1 saturated carbocycles. The van der Waals surface area contributed by atoms with E-state index in [0.717, 1.165) is 24.1 Å². The van der Waals surface area contributed by atoms with E-state index in [-0.39, 0.29) is 17.8 Å². The highest BCUT2D eigenvalue weighted by Gasteiger charge is 2.46. The van der Waals surface area contributed by atoms with Gasteiger partial charge >= 0.3 is 5.97 Å². The third-order valence-corrected chi connectivity index (χ3v) is 5.28. The minimum atomic E-state index is -0.516. The summed E-state index contributed by atoms with van der Waals surface area (Å²) in [7, 11) is 1.38. The zero-order valence-corrected chi connectivity index (χ0v) is 12.6. The van der Waals surface area contributed by atoms with Gasteiger partial charge in [0.1, 0.15) is 6.04 Å². The SMILES string of the molecule is COC(=O)[C@@H]1Cc2ccccc2N1C(=O)[C@H]1C[C@H]2C=C[C@@H]1C2. The van der Waals surface area contributed by atoms with E-state index in [9.17, 15) is 9.59 Å². The standard InChI is InChI=1S/C18H19NO3/c1-22-18(21)16-10-13-4-2-3-5-15(13)19(16)17(20)14-9-11-6-7-12(14)8-11/h2-7,11-12,14,16H,8-10H2,1H3/t11-,12+,14-,16-/m0/s1. The Kier molecular flexibility index (Phi) is 3.06. The number of nitrogens with zero attached hydrogens (tertiary/aromatic N) is 1. The highest BCUT2D eigenvalue weighted by Crippen LogP contribution is 2.46. The lowest BCUT2D eigenvalue weighted by Gasteiger charge is -2.29. The van der Waals surface area contributed by atoms with E-state index in [0.29, 0.717) is 18.3 Å². The Morgan fingerprint density at radius 3 is 2.68 bits per heavy atom. The number of rotatable bonds is 2. The zero-order chi connectivity index (χ0) is 15.3. The van der Waals surface area contributed by atoms with E-state index in [1.807, 2.05) is 24.3 Å². The van der Waals surface area contributed by atoms with Crippen LogP contribution in [0.15, 0.2) is 36.4 Å². The Morgan fingerprint density at radius 1 is 1.18 bits per heavy atom. The molecule has 1 fully saturated rings. The smallest absolute Gasteiger partial charge is 0.329 e. The molecular formula is C18H19NO3. The number of allylic oxidation sites excluding steroid dienone is 2. The fourth-order valence-corrected chi connectivity index (χ4v) is 4.23. The largest absolute Gasteiger partial charge is 0.467 e. The van der Waals surface area contributed by atoms with Gasteiger partial charge in [-0.3, -0.25) is 9.69 Å². The first-order valence-electron chi connectivity index (χ1n) is 7.86. The zero-order valence-electron chi connectivity index (χ0n) is 12.6. The van der Waals surface area contributed by atoms with E-state index in [2.05, 4.69) is 12.2 Å². The Balaban J connectivity index is 1.68. The molecule has 4 nitrogen and oxygen atoms in total. The summed E-state index contributed by atoms with van der Waals surface area (Å²) in [4.78, 5) is 27.0. The summed E-state index contributed by atoms with van der Waals surface area (Å²) in [5, 5.41) is 0. The number of carbonyl (C=O) groups is 2. The molecule has 1 amide bonds. The van der Waals surface area contributed by atoms with Gasteiger partial charge in [0.2, 0.25) is 5.91 Å². The molecule has 4 atom stereocenters. The van der Waals surface area contributed by atoms with Crippen molar-refractivity contribution in [2.45, 2.75) is 25.3 Å². The molecule has 0 N–H and O–H groups in total. The Hall–Kier alpha value is -2.10. The molecule has 2 aliphatic carbocycles. The van der Waals surface area contributed by atoms with Crippen molar-refractivity contribution in [1.82, 2.24) is 0 Å². The maximum Gasteiger partial charge on any atom is 0.329 e. The second kappa shape index (κ2) is 4.97. The normalized spacial score (nSPS) is 31.4. The fraction of sp³-hybridized carbons (Fsp3) is 0.444. The lowest BCUT2D eigenvalue weighted by atomic mass is 9.92. The van der Waals surface area contributed by atoms with E-state index in [1.165, 1.54) is 7.11 Å². The van der Waals surface area contributed by atoms with Crippen molar-refractivity contribution in [1.29, 1.82) is 0 Å². The molecule has 0 spiro atoms. The number of carbonyl (C=O) groups excluding carboxylic acids is 2. The summed E-state index contributed by atoms with van der Waals surface area (Å²) in [5.74, 6) is 0.630. The van der Waals surface area contributed by atoms with Gasteiger partial charge in [-0.25, -0.2) is 4.79 Å². The number of hydrogen-bond acceptors (Lipinski definition) is 3. The molecule has 114 valence electrons. The van der Waals surface area contributed by atoms with Gasteiger partial charge in [0.25, 0.3) is 0 Å². The van der Waals surface area contributed by atoms with Gasteiger partial charge in [0, 0.05) is 18.0 Å². The van der Waals surface area contributed by atoms with Crippen LogP contribution in [0.1, 0.15) is 18.4 Å². The minimum absolute atomic E-state index is 0.00770. The van der Waals surface area contributed by atoms with Crippen LogP contribution in [0, 0.1) is 17.8 Å². The number of esters is 1. The van der Waals surface area contributed by atoms with Crippen LogP contribution < -0.4 is 4.90 Å². The van der Waals surface area contributed by atoms with Crippen LogP contribution in [-0.4, -0.2) is 25.0 Å². The molecular weight excluding hydrogens is 278 g/mol. The average Bonchev–Trinajstić information content (AvgIpc) is 3.26. The van der Waals surface area contributed by atoms with Gasteiger partial charge in [0.05, 0.1) is 7.11 Å². The molecule has 2 bridgehead atoms.